The first kappa shape index (κ1) is 14.5. The Balaban J connectivity index is 1.85. The highest BCUT2D eigenvalue weighted by Gasteiger charge is 2.19. The van der Waals surface area contributed by atoms with Crippen LogP contribution >= 0.6 is 11.3 Å². The molecule has 21 heavy (non-hydrogen) atoms. The molecule has 3 nitrogen and oxygen atoms in total. The first-order chi connectivity index (χ1) is 10.1. The first-order valence-electron chi connectivity index (χ1n) is 7.64. The maximum absolute atomic E-state index is 4.79. The highest BCUT2D eigenvalue weighted by Crippen LogP contribution is 2.26. The van der Waals surface area contributed by atoms with Gasteiger partial charge in [-0.15, -0.1) is 11.3 Å². The fourth-order valence-corrected chi connectivity index (χ4v) is 3.58. The van der Waals surface area contributed by atoms with Crippen LogP contribution in [0.2, 0.25) is 0 Å². The molecule has 1 atom stereocenters. The Morgan fingerprint density at radius 3 is 2.95 bits per heavy atom. The number of para-hydroxylation sites is 1. The topological polar surface area (TPSA) is 28.2 Å². The summed E-state index contributed by atoms with van der Waals surface area (Å²) in [7, 11) is 0. The van der Waals surface area contributed by atoms with E-state index < -0.39 is 0 Å². The van der Waals surface area contributed by atoms with Crippen LogP contribution in [-0.4, -0.2) is 17.6 Å². The quantitative estimate of drug-likeness (QED) is 0.935. The molecular formula is C17H23N3S. The van der Waals surface area contributed by atoms with Crippen LogP contribution in [0.1, 0.15) is 43.0 Å². The minimum absolute atomic E-state index is 0.487. The van der Waals surface area contributed by atoms with Crippen molar-refractivity contribution >= 4 is 17.0 Å². The number of benzene rings is 1. The Morgan fingerprint density at radius 2 is 2.19 bits per heavy atom. The second kappa shape index (κ2) is 6.16. The van der Waals surface area contributed by atoms with Crippen LogP contribution in [-0.2, 0) is 13.1 Å². The predicted octanol–water partition coefficient (Wildman–Crippen LogP) is 3.76. The number of anilines is 1. The number of aromatic nitrogens is 1. The summed E-state index contributed by atoms with van der Waals surface area (Å²) in [5.41, 5.74) is 3.90. The number of hydrogen-bond acceptors (Lipinski definition) is 4. The molecule has 1 aromatic heterocycles. The third-order valence-electron chi connectivity index (χ3n) is 3.88. The zero-order valence-electron chi connectivity index (χ0n) is 13.0. The summed E-state index contributed by atoms with van der Waals surface area (Å²) in [5, 5.41) is 7.03. The molecule has 1 N–H and O–H groups in total. The van der Waals surface area contributed by atoms with Gasteiger partial charge in [-0.25, -0.2) is 4.98 Å². The lowest BCUT2D eigenvalue weighted by Gasteiger charge is -2.25. The Bertz CT molecular complexity index is 606. The zero-order valence-corrected chi connectivity index (χ0v) is 13.8. The molecule has 0 radical (unpaired) electrons. The van der Waals surface area contributed by atoms with Gasteiger partial charge in [0.25, 0.3) is 0 Å². The van der Waals surface area contributed by atoms with Gasteiger partial charge in [-0.05, 0) is 18.6 Å². The normalized spacial score (nSPS) is 18.7. The van der Waals surface area contributed by atoms with E-state index in [1.807, 2.05) is 0 Å². The van der Waals surface area contributed by atoms with E-state index in [1.54, 1.807) is 11.3 Å². The van der Waals surface area contributed by atoms with Gasteiger partial charge >= 0.3 is 0 Å². The maximum atomic E-state index is 4.79. The van der Waals surface area contributed by atoms with Crippen LogP contribution in [0.4, 0.5) is 5.69 Å². The molecule has 0 saturated heterocycles. The van der Waals surface area contributed by atoms with Crippen molar-refractivity contribution < 1.29 is 0 Å². The van der Waals surface area contributed by atoms with E-state index in [-0.39, 0.29) is 0 Å². The monoisotopic (exact) mass is 301 g/mol. The molecule has 0 spiro atoms. The Morgan fingerprint density at radius 1 is 1.38 bits per heavy atom. The summed E-state index contributed by atoms with van der Waals surface area (Å²) in [4.78, 5) is 7.25. The van der Waals surface area contributed by atoms with Gasteiger partial charge in [-0.2, -0.15) is 0 Å². The molecule has 112 valence electrons. The van der Waals surface area contributed by atoms with Gasteiger partial charge in [-0.3, -0.25) is 0 Å². The van der Waals surface area contributed by atoms with Crippen molar-refractivity contribution in [2.75, 3.05) is 11.4 Å². The third-order valence-corrected chi connectivity index (χ3v) is 5.08. The van der Waals surface area contributed by atoms with Crippen LogP contribution in [0, 0.1) is 0 Å². The molecular weight excluding hydrogens is 278 g/mol. The van der Waals surface area contributed by atoms with Crippen molar-refractivity contribution in [1.82, 2.24) is 10.3 Å². The van der Waals surface area contributed by atoms with E-state index in [9.17, 15) is 0 Å². The maximum Gasteiger partial charge on any atom is 0.0954 e. The Labute approximate surface area is 131 Å². The molecule has 0 amide bonds. The number of hydrogen-bond donors (Lipinski definition) is 1. The highest BCUT2D eigenvalue weighted by molar-refractivity contribution is 7.09. The molecule has 0 fully saturated rings. The van der Waals surface area contributed by atoms with Gasteiger partial charge < -0.3 is 10.2 Å². The molecule has 0 saturated carbocycles. The third kappa shape index (κ3) is 3.27. The van der Waals surface area contributed by atoms with E-state index in [1.165, 1.54) is 22.0 Å². The molecule has 2 heterocycles. The lowest BCUT2D eigenvalue weighted by atomic mass is 10.1. The van der Waals surface area contributed by atoms with Crippen molar-refractivity contribution in [3.05, 3.63) is 45.9 Å². The SMILES string of the molecule is CC1CN(Cc2csc(C(C)C)n2)c2ccccc2CN1. The lowest BCUT2D eigenvalue weighted by molar-refractivity contribution is 0.551. The average Bonchev–Trinajstić information content (AvgIpc) is 2.87. The van der Waals surface area contributed by atoms with Crippen molar-refractivity contribution in [1.29, 1.82) is 0 Å². The molecule has 0 aliphatic carbocycles. The Kier molecular flexibility index (Phi) is 4.27. The van der Waals surface area contributed by atoms with Crippen LogP contribution in [0.3, 0.4) is 0 Å². The minimum atomic E-state index is 0.487. The summed E-state index contributed by atoms with van der Waals surface area (Å²) in [6, 6.07) is 9.18. The van der Waals surface area contributed by atoms with Gasteiger partial charge in [0.2, 0.25) is 0 Å². The molecule has 1 aliphatic rings. The summed E-state index contributed by atoms with van der Waals surface area (Å²) >= 11 is 1.78. The van der Waals surface area contributed by atoms with Gasteiger partial charge in [0.15, 0.2) is 0 Å². The number of fused-ring (bicyclic) bond motifs is 1. The number of nitrogens with zero attached hydrogens (tertiary/aromatic N) is 2. The van der Waals surface area contributed by atoms with Crippen molar-refractivity contribution in [3.8, 4) is 0 Å². The molecule has 1 unspecified atom stereocenters. The Hall–Kier alpha value is -1.39. The summed E-state index contributed by atoms with van der Waals surface area (Å²) in [6.45, 7) is 9.52. The van der Waals surface area contributed by atoms with E-state index in [4.69, 9.17) is 4.98 Å². The minimum Gasteiger partial charge on any atom is -0.364 e. The van der Waals surface area contributed by atoms with E-state index in [2.05, 4.69) is 60.6 Å². The fourth-order valence-electron chi connectivity index (χ4n) is 2.75. The van der Waals surface area contributed by atoms with Crippen LogP contribution < -0.4 is 10.2 Å². The van der Waals surface area contributed by atoms with Gasteiger partial charge in [0.1, 0.15) is 0 Å². The van der Waals surface area contributed by atoms with Gasteiger partial charge in [-0.1, -0.05) is 32.0 Å². The van der Waals surface area contributed by atoms with Gasteiger partial charge in [0.05, 0.1) is 17.2 Å². The second-order valence-corrected chi connectivity index (χ2v) is 7.01. The fraction of sp³-hybridized carbons (Fsp3) is 0.471. The summed E-state index contributed by atoms with van der Waals surface area (Å²) in [6.07, 6.45) is 0. The summed E-state index contributed by atoms with van der Waals surface area (Å²) < 4.78 is 0. The number of rotatable bonds is 3. The van der Waals surface area contributed by atoms with Crippen molar-refractivity contribution in [2.45, 2.75) is 45.8 Å². The second-order valence-electron chi connectivity index (χ2n) is 6.12. The molecule has 1 aliphatic heterocycles. The first-order valence-corrected chi connectivity index (χ1v) is 8.52. The van der Waals surface area contributed by atoms with E-state index in [0.29, 0.717) is 12.0 Å². The average molecular weight is 301 g/mol. The number of thiazole rings is 1. The zero-order chi connectivity index (χ0) is 14.8. The lowest BCUT2D eigenvalue weighted by Crippen LogP contribution is -2.35. The molecule has 2 aromatic rings. The molecule has 4 heteroatoms. The van der Waals surface area contributed by atoms with Crippen molar-refractivity contribution in [3.63, 3.8) is 0 Å². The van der Waals surface area contributed by atoms with E-state index >= 15 is 0 Å². The molecule has 0 bridgehead atoms. The predicted molar refractivity (Wildman–Crippen MR) is 90.0 cm³/mol. The largest absolute Gasteiger partial charge is 0.364 e. The van der Waals surface area contributed by atoms with Crippen LogP contribution in [0.5, 0.6) is 0 Å². The number of nitrogens with one attached hydrogen (secondary N) is 1. The van der Waals surface area contributed by atoms with Crippen LogP contribution in [0.15, 0.2) is 29.6 Å². The van der Waals surface area contributed by atoms with Gasteiger partial charge in [0, 0.05) is 36.1 Å². The molecule has 1 aromatic carbocycles. The standard InChI is InChI=1S/C17H23N3S/c1-12(2)17-19-15(11-21-17)10-20-9-13(3)18-8-14-6-4-5-7-16(14)20/h4-7,11-13,18H,8-10H2,1-3H3. The summed E-state index contributed by atoms with van der Waals surface area (Å²) in [5.74, 6) is 0.515. The van der Waals surface area contributed by atoms with E-state index in [0.717, 1.165) is 19.6 Å². The molecule has 3 rings (SSSR count). The smallest absolute Gasteiger partial charge is 0.0954 e. The highest BCUT2D eigenvalue weighted by atomic mass is 32.1. The van der Waals surface area contributed by atoms with Crippen molar-refractivity contribution in [2.24, 2.45) is 0 Å². The van der Waals surface area contributed by atoms with Crippen LogP contribution in [0.25, 0.3) is 0 Å².